The van der Waals surface area contributed by atoms with Crippen LogP contribution in [0.1, 0.15) is 16.7 Å². The van der Waals surface area contributed by atoms with E-state index >= 15 is 0 Å². The van der Waals surface area contributed by atoms with E-state index in [1.54, 1.807) is 36.4 Å². The van der Waals surface area contributed by atoms with Crippen LogP contribution >= 0.6 is 11.6 Å². The molecule has 0 amide bonds. The normalized spacial score (nSPS) is 12.7. The van der Waals surface area contributed by atoms with Gasteiger partial charge in [0.25, 0.3) is 0 Å². The van der Waals surface area contributed by atoms with E-state index in [2.05, 4.69) is 0 Å². The Morgan fingerprint density at radius 2 is 1.19 bits per heavy atom. The molecule has 0 radical (unpaired) electrons. The van der Waals surface area contributed by atoms with Crippen molar-refractivity contribution in [3.63, 3.8) is 0 Å². The predicted octanol–water partition coefficient (Wildman–Crippen LogP) is 7.33. The van der Waals surface area contributed by atoms with E-state index in [1.165, 1.54) is 12.1 Å². The third-order valence-corrected chi connectivity index (χ3v) is 4.50. The quantitative estimate of drug-likeness (QED) is 0.422. The zero-order valence-corrected chi connectivity index (χ0v) is 14.8. The summed E-state index contributed by atoms with van der Waals surface area (Å²) in [5, 5.41) is -0.305. The Bertz CT molecular complexity index is 906. The molecule has 0 spiro atoms. The zero-order valence-electron chi connectivity index (χ0n) is 14.0. The number of rotatable bonds is 3. The molecule has 0 aromatic heterocycles. The van der Waals surface area contributed by atoms with Crippen LogP contribution in [0.25, 0.3) is 21.7 Å². The molecule has 0 N–H and O–H groups in total. The predicted molar refractivity (Wildman–Crippen MR) is 102 cm³/mol. The summed E-state index contributed by atoms with van der Waals surface area (Å²) in [7, 11) is 0. The first kappa shape index (κ1) is 18.3. The maximum absolute atomic E-state index is 13.6. The van der Waals surface area contributed by atoms with E-state index in [1.807, 2.05) is 37.3 Å². The third-order valence-electron chi connectivity index (χ3n) is 4.09. The fourth-order valence-electron chi connectivity index (χ4n) is 2.72. The van der Waals surface area contributed by atoms with Gasteiger partial charge in [0.15, 0.2) is 0 Å². The first-order chi connectivity index (χ1) is 12.4. The van der Waals surface area contributed by atoms with E-state index in [-0.39, 0.29) is 10.6 Å². The summed E-state index contributed by atoms with van der Waals surface area (Å²) in [5.41, 5.74) is 2.36. The van der Waals surface area contributed by atoms with Gasteiger partial charge in [-0.25, -0.2) is 0 Å². The highest BCUT2D eigenvalue weighted by atomic mass is 35.5. The molecule has 132 valence electrons. The summed E-state index contributed by atoms with van der Waals surface area (Å²) < 4.78 is 40.9. The lowest BCUT2D eigenvalue weighted by molar-refractivity contribution is -0.0684. The molecule has 3 aromatic carbocycles. The average Bonchev–Trinajstić information content (AvgIpc) is 2.63. The van der Waals surface area contributed by atoms with Gasteiger partial charge in [-0.05, 0) is 29.2 Å². The monoisotopic (exact) mass is 372 g/mol. The van der Waals surface area contributed by atoms with Crippen LogP contribution in [-0.4, -0.2) is 6.18 Å². The molecule has 0 nitrogen and oxygen atoms in total. The molecule has 0 bridgehead atoms. The molecule has 0 aliphatic rings. The summed E-state index contributed by atoms with van der Waals surface area (Å²) >= 11 is 6.19. The maximum atomic E-state index is 13.6. The van der Waals surface area contributed by atoms with Gasteiger partial charge >= 0.3 is 6.18 Å². The van der Waals surface area contributed by atoms with E-state index in [9.17, 15) is 13.2 Å². The molecule has 3 rings (SSSR count). The van der Waals surface area contributed by atoms with Crippen LogP contribution < -0.4 is 0 Å². The Morgan fingerprint density at radius 3 is 1.73 bits per heavy atom. The van der Waals surface area contributed by atoms with Crippen LogP contribution in [0.15, 0.2) is 78.9 Å². The van der Waals surface area contributed by atoms with Crippen LogP contribution in [0.5, 0.6) is 0 Å². The Balaban J connectivity index is 2.05. The fourth-order valence-corrected chi connectivity index (χ4v) is 3.06. The van der Waals surface area contributed by atoms with Gasteiger partial charge in [-0.2, -0.15) is 13.2 Å². The first-order valence-corrected chi connectivity index (χ1v) is 8.44. The van der Waals surface area contributed by atoms with E-state index < -0.39 is 11.7 Å². The minimum atomic E-state index is -4.55. The van der Waals surface area contributed by atoms with Gasteiger partial charge in [0.1, 0.15) is 0 Å². The van der Waals surface area contributed by atoms with Crippen LogP contribution in [0, 0.1) is 6.92 Å². The Labute approximate surface area is 155 Å². The summed E-state index contributed by atoms with van der Waals surface area (Å²) in [6.07, 6.45) is -4.55. The van der Waals surface area contributed by atoms with Crippen molar-refractivity contribution < 1.29 is 13.2 Å². The summed E-state index contributed by atoms with van der Waals surface area (Å²) in [5.74, 6) is 0. The summed E-state index contributed by atoms with van der Waals surface area (Å²) in [4.78, 5) is 0. The molecule has 0 fully saturated rings. The lowest BCUT2D eigenvalue weighted by atomic mass is 9.99. The van der Waals surface area contributed by atoms with Crippen LogP contribution in [0.4, 0.5) is 13.2 Å². The highest BCUT2D eigenvalue weighted by Gasteiger charge is 2.37. The molecule has 0 atom stereocenters. The second-order valence-electron chi connectivity index (χ2n) is 6.00. The molecule has 0 unspecified atom stereocenters. The zero-order chi connectivity index (χ0) is 18.7. The molecular formula is C22H16ClF3. The summed E-state index contributed by atoms with van der Waals surface area (Å²) in [6.45, 7) is 1.82. The highest BCUT2D eigenvalue weighted by molar-refractivity contribution is 6.52. The van der Waals surface area contributed by atoms with Gasteiger partial charge in [0.05, 0.1) is 10.6 Å². The topological polar surface area (TPSA) is 0 Å². The van der Waals surface area contributed by atoms with Crippen LogP contribution in [0.2, 0.25) is 0 Å². The number of aryl methyl sites for hydroxylation is 1. The number of halogens is 4. The number of benzene rings is 3. The lowest BCUT2D eigenvalue weighted by Crippen LogP contribution is -2.12. The standard InChI is InChI=1S/C22H16ClF3/c1-15-7-9-18(10-8-15)20(22(24,25)26)21(23)19-13-11-17(12-14-19)16-5-3-2-4-6-16/h2-14H,1H3/b21-20-. The molecule has 26 heavy (non-hydrogen) atoms. The second kappa shape index (κ2) is 7.38. The van der Waals surface area contributed by atoms with Gasteiger partial charge in [-0.3, -0.25) is 0 Å². The van der Waals surface area contributed by atoms with Gasteiger partial charge in [-0.1, -0.05) is 96.0 Å². The van der Waals surface area contributed by atoms with Gasteiger partial charge in [0.2, 0.25) is 0 Å². The van der Waals surface area contributed by atoms with Crippen molar-refractivity contribution in [3.05, 3.63) is 95.6 Å². The molecule has 0 aliphatic carbocycles. The number of hydrogen-bond donors (Lipinski definition) is 0. The van der Waals surface area contributed by atoms with E-state index in [4.69, 9.17) is 11.6 Å². The SMILES string of the molecule is Cc1ccc(/C(=C(/Cl)c2ccc(-c3ccccc3)cc2)C(F)(F)F)cc1. The fraction of sp³-hybridized carbons (Fsp3) is 0.0909. The maximum Gasteiger partial charge on any atom is 0.418 e. The lowest BCUT2D eigenvalue weighted by Gasteiger charge is -2.15. The Kier molecular flexibility index (Phi) is 5.19. The Hall–Kier alpha value is -2.52. The first-order valence-electron chi connectivity index (χ1n) is 8.06. The van der Waals surface area contributed by atoms with Crippen molar-refractivity contribution in [3.8, 4) is 11.1 Å². The molecule has 0 saturated heterocycles. The van der Waals surface area contributed by atoms with E-state index in [0.29, 0.717) is 5.56 Å². The minimum Gasteiger partial charge on any atom is -0.166 e. The molecule has 0 heterocycles. The smallest absolute Gasteiger partial charge is 0.166 e. The van der Waals surface area contributed by atoms with E-state index in [0.717, 1.165) is 16.7 Å². The largest absolute Gasteiger partial charge is 0.418 e. The van der Waals surface area contributed by atoms with Gasteiger partial charge in [0, 0.05) is 0 Å². The third kappa shape index (κ3) is 4.00. The molecule has 0 aliphatic heterocycles. The molecule has 4 heteroatoms. The number of allylic oxidation sites excluding steroid dienone is 1. The summed E-state index contributed by atoms with van der Waals surface area (Å²) in [6, 6.07) is 22.6. The minimum absolute atomic E-state index is 0.0558. The van der Waals surface area contributed by atoms with Crippen molar-refractivity contribution in [2.75, 3.05) is 0 Å². The second-order valence-corrected chi connectivity index (χ2v) is 6.37. The highest BCUT2D eigenvalue weighted by Crippen LogP contribution is 2.41. The molecule has 3 aromatic rings. The van der Waals surface area contributed by atoms with Crippen molar-refractivity contribution in [1.82, 2.24) is 0 Å². The van der Waals surface area contributed by atoms with Gasteiger partial charge < -0.3 is 0 Å². The number of hydrogen-bond acceptors (Lipinski definition) is 0. The molecule has 0 saturated carbocycles. The van der Waals surface area contributed by atoms with Gasteiger partial charge in [-0.15, -0.1) is 0 Å². The van der Waals surface area contributed by atoms with Crippen molar-refractivity contribution in [1.29, 1.82) is 0 Å². The van der Waals surface area contributed by atoms with Crippen molar-refractivity contribution >= 4 is 22.2 Å². The van der Waals surface area contributed by atoms with Crippen molar-refractivity contribution in [2.45, 2.75) is 13.1 Å². The van der Waals surface area contributed by atoms with Crippen molar-refractivity contribution in [2.24, 2.45) is 0 Å². The van der Waals surface area contributed by atoms with Crippen LogP contribution in [-0.2, 0) is 0 Å². The number of alkyl halides is 3. The Morgan fingerprint density at radius 1 is 0.692 bits per heavy atom. The molecular weight excluding hydrogens is 357 g/mol. The average molecular weight is 373 g/mol. The van der Waals surface area contributed by atoms with Crippen LogP contribution in [0.3, 0.4) is 0 Å².